The minimum absolute atomic E-state index is 0.106. The van der Waals surface area contributed by atoms with Crippen LogP contribution in [-0.2, 0) is 11.2 Å². The fraction of sp³-hybridized carbons (Fsp3) is 0.300. The van der Waals surface area contributed by atoms with Crippen LogP contribution in [0.25, 0.3) is 0 Å². The summed E-state index contributed by atoms with van der Waals surface area (Å²) >= 11 is 9.47. The number of hydrogen-bond acceptors (Lipinski definition) is 2. The van der Waals surface area contributed by atoms with Crippen LogP contribution in [0.2, 0.25) is 5.02 Å². The number of amides is 2. The van der Waals surface area contributed by atoms with Crippen LogP contribution >= 0.6 is 27.5 Å². The first-order chi connectivity index (χ1) is 12.2. The Hall–Kier alpha value is -1.85. The summed E-state index contributed by atoms with van der Waals surface area (Å²) in [5.41, 5.74) is 2.65. The Bertz CT molecular complexity index is 890. The summed E-state index contributed by atoms with van der Waals surface area (Å²) in [5.74, 6) is -0.161. The molecule has 0 bridgehead atoms. The number of carbonyl (C=O) groups excluding carboxylic acids is 2. The van der Waals surface area contributed by atoms with Gasteiger partial charge in [0.1, 0.15) is 0 Å². The molecule has 0 radical (unpaired) electrons. The van der Waals surface area contributed by atoms with E-state index in [1.165, 1.54) is 0 Å². The second kappa shape index (κ2) is 7.05. The van der Waals surface area contributed by atoms with Gasteiger partial charge in [0.25, 0.3) is 5.91 Å². The van der Waals surface area contributed by atoms with Gasteiger partial charge >= 0.3 is 0 Å². The quantitative estimate of drug-likeness (QED) is 0.697. The smallest absolute Gasteiger partial charge is 0.257 e. The van der Waals surface area contributed by atoms with E-state index in [1.807, 2.05) is 43.9 Å². The highest BCUT2D eigenvalue weighted by molar-refractivity contribution is 9.10. The molecule has 3 rings (SSSR count). The zero-order valence-electron chi connectivity index (χ0n) is 14.9. The number of nitrogens with one attached hydrogen (secondary N) is 1. The zero-order valence-corrected chi connectivity index (χ0v) is 17.2. The van der Waals surface area contributed by atoms with E-state index in [2.05, 4.69) is 21.2 Å². The molecule has 0 saturated carbocycles. The molecule has 0 fully saturated rings. The average molecular weight is 436 g/mol. The van der Waals surface area contributed by atoms with E-state index in [4.69, 9.17) is 11.6 Å². The lowest BCUT2D eigenvalue weighted by molar-refractivity contribution is -0.125. The van der Waals surface area contributed by atoms with Crippen molar-refractivity contribution in [2.45, 2.75) is 27.2 Å². The van der Waals surface area contributed by atoms with Gasteiger partial charge in [-0.25, -0.2) is 0 Å². The van der Waals surface area contributed by atoms with Crippen molar-refractivity contribution in [1.29, 1.82) is 0 Å². The maximum Gasteiger partial charge on any atom is 0.257 e. The van der Waals surface area contributed by atoms with Crippen LogP contribution in [0, 0.1) is 5.41 Å². The Morgan fingerprint density at radius 3 is 2.58 bits per heavy atom. The predicted octanol–water partition coefficient (Wildman–Crippen LogP) is 5.29. The minimum atomic E-state index is -0.425. The Labute approximate surface area is 166 Å². The SMILES string of the molecule is CC(C)(C)C(=O)N1CCc2cc(NC(=O)c3cc(Br)ccc3Cl)ccc21. The monoisotopic (exact) mass is 434 g/mol. The van der Waals surface area contributed by atoms with Gasteiger partial charge in [-0.3, -0.25) is 9.59 Å². The van der Waals surface area contributed by atoms with E-state index in [0.717, 1.165) is 22.1 Å². The first-order valence-electron chi connectivity index (χ1n) is 8.38. The lowest BCUT2D eigenvalue weighted by Crippen LogP contribution is -2.38. The summed E-state index contributed by atoms with van der Waals surface area (Å²) in [5, 5.41) is 3.28. The number of fused-ring (bicyclic) bond motifs is 1. The molecule has 0 unspecified atom stereocenters. The van der Waals surface area contributed by atoms with Gasteiger partial charge in [-0.05, 0) is 48.4 Å². The van der Waals surface area contributed by atoms with Crippen LogP contribution in [0.4, 0.5) is 11.4 Å². The van der Waals surface area contributed by atoms with Gasteiger partial charge in [-0.15, -0.1) is 0 Å². The third-order valence-electron chi connectivity index (χ3n) is 4.29. The molecule has 0 aliphatic carbocycles. The third kappa shape index (κ3) is 3.79. The lowest BCUT2D eigenvalue weighted by atomic mass is 9.94. The molecule has 0 saturated heterocycles. The van der Waals surface area contributed by atoms with Crippen molar-refractivity contribution in [2.24, 2.45) is 5.41 Å². The average Bonchev–Trinajstić information content (AvgIpc) is 2.98. The van der Waals surface area contributed by atoms with E-state index >= 15 is 0 Å². The number of benzene rings is 2. The molecule has 4 nitrogen and oxygen atoms in total. The van der Waals surface area contributed by atoms with Gasteiger partial charge in [-0.1, -0.05) is 48.3 Å². The maximum atomic E-state index is 12.6. The Morgan fingerprint density at radius 1 is 1.15 bits per heavy atom. The molecule has 26 heavy (non-hydrogen) atoms. The molecule has 1 aliphatic heterocycles. The second-order valence-corrected chi connectivity index (χ2v) is 8.70. The predicted molar refractivity (Wildman–Crippen MR) is 109 cm³/mol. The Morgan fingerprint density at radius 2 is 1.88 bits per heavy atom. The summed E-state index contributed by atoms with van der Waals surface area (Å²) in [6.07, 6.45) is 0.776. The highest BCUT2D eigenvalue weighted by Gasteiger charge is 2.32. The van der Waals surface area contributed by atoms with Crippen LogP contribution in [0.15, 0.2) is 40.9 Å². The zero-order chi connectivity index (χ0) is 19.1. The Balaban J connectivity index is 1.81. The molecule has 0 aromatic heterocycles. The van der Waals surface area contributed by atoms with Crippen molar-refractivity contribution in [1.82, 2.24) is 0 Å². The molecule has 0 atom stereocenters. The van der Waals surface area contributed by atoms with E-state index in [-0.39, 0.29) is 11.8 Å². The van der Waals surface area contributed by atoms with Crippen LogP contribution < -0.4 is 10.2 Å². The summed E-state index contributed by atoms with van der Waals surface area (Å²) in [6, 6.07) is 10.8. The van der Waals surface area contributed by atoms with Crippen molar-refractivity contribution in [3.8, 4) is 0 Å². The van der Waals surface area contributed by atoms with Crippen molar-refractivity contribution >= 4 is 50.7 Å². The molecule has 1 aliphatic rings. The second-order valence-electron chi connectivity index (χ2n) is 7.38. The van der Waals surface area contributed by atoms with Crippen molar-refractivity contribution in [3.63, 3.8) is 0 Å². The molecular weight excluding hydrogens is 416 g/mol. The van der Waals surface area contributed by atoms with Crippen LogP contribution in [0.3, 0.4) is 0 Å². The molecule has 6 heteroatoms. The van der Waals surface area contributed by atoms with Crippen LogP contribution in [0.5, 0.6) is 0 Å². The fourth-order valence-corrected chi connectivity index (χ4v) is 3.53. The molecule has 2 aromatic carbocycles. The van der Waals surface area contributed by atoms with E-state index in [1.54, 1.807) is 18.2 Å². The number of rotatable bonds is 2. The van der Waals surface area contributed by atoms with Gasteiger partial charge in [0.2, 0.25) is 5.91 Å². The summed E-state index contributed by atoms with van der Waals surface area (Å²) in [6.45, 7) is 6.43. The molecule has 136 valence electrons. The van der Waals surface area contributed by atoms with Gasteiger partial charge in [0.15, 0.2) is 0 Å². The molecule has 2 amide bonds. The minimum Gasteiger partial charge on any atom is -0.322 e. The maximum absolute atomic E-state index is 12.6. The fourth-order valence-electron chi connectivity index (χ4n) is 2.97. The number of nitrogens with zero attached hydrogens (tertiary/aromatic N) is 1. The van der Waals surface area contributed by atoms with E-state index in [9.17, 15) is 9.59 Å². The van der Waals surface area contributed by atoms with Crippen molar-refractivity contribution in [3.05, 3.63) is 57.0 Å². The number of carbonyl (C=O) groups is 2. The summed E-state index contributed by atoms with van der Waals surface area (Å²) < 4.78 is 0.789. The Kier molecular flexibility index (Phi) is 5.13. The van der Waals surface area contributed by atoms with E-state index in [0.29, 0.717) is 22.8 Å². The van der Waals surface area contributed by atoms with Crippen molar-refractivity contribution in [2.75, 3.05) is 16.8 Å². The van der Waals surface area contributed by atoms with Gasteiger partial charge in [-0.2, -0.15) is 0 Å². The summed E-state index contributed by atoms with van der Waals surface area (Å²) in [4.78, 5) is 26.9. The summed E-state index contributed by atoms with van der Waals surface area (Å²) in [7, 11) is 0. The van der Waals surface area contributed by atoms with Crippen LogP contribution in [-0.4, -0.2) is 18.4 Å². The third-order valence-corrected chi connectivity index (χ3v) is 5.12. The molecule has 0 spiro atoms. The lowest BCUT2D eigenvalue weighted by Gasteiger charge is -2.26. The highest BCUT2D eigenvalue weighted by atomic mass is 79.9. The van der Waals surface area contributed by atoms with Gasteiger partial charge < -0.3 is 10.2 Å². The topological polar surface area (TPSA) is 49.4 Å². The standard InChI is InChI=1S/C20H20BrClN2O2/c1-20(2,3)19(26)24-9-8-12-10-14(5-7-17(12)24)23-18(25)15-11-13(21)4-6-16(15)22/h4-7,10-11H,8-9H2,1-3H3,(H,23,25). The van der Waals surface area contributed by atoms with Crippen LogP contribution in [0.1, 0.15) is 36.7 Å². The first kappa shape index (κ1) is 18.9. The van der Waals surface area contributed by atoms with E-state index < -0.39 is 5.41 Å². The molecular formula is C20H20BrClN2O2. The van der Waals surface area contributed by atoms with Gasteiger partial charge in [0.05, 0.1) is 10.6 Å². The largest absolute Gasteiger partial charge is 0.322 e. The number of hydrogen-bond donors (Lipinski definition) is 1. The molecule has 1 N–H and O–H groups in total. The number of halogens is 2. The first-order valence-corrected chi connectivity index (χ1v) is 9.55. The van der Waals surface area contributed by atoms with Gasteiger partial charge in [0, 0.05) is 27.8 Å². The number of anilines is 2. The normalized spacial score (nSPS) is 13.5. The van der Waals surface area contributed by atoms with Crippen molar-refractivity contribution < 1.29 is 9.59 Å². The molecule has 1 heterocycles. The molecule has 2 aromatic rings. The highest BCUT2D eigenvalue weighted by Crippen LogP contribution is 2.34.